The number of aromatic nitrogens is 1. The van der Waals surface area contributed by atoms with Gasteiger partial charge in [0.05, 0.1) is 11.1 Å². The van der Waals surface area contributed by atoms with E-state index in [1.54, 1.807) is 18.3 Å². The van der Waals surface area contributed by atoms with E-state index in [0.717, 1.165) is 10.9 Å². The number of benzene rings is 2. The maximum absolute atomic E-state index is 12.5. The molecule has 0 radical (unpaired) electrons. The number of para-hydroxylation sites is 1. The number of carbonyl (C=O) groups is 1. The van der Waals surface area contributed by atoms with E-state index in [9.17, 15) is 4.79 Å². The van der Waals surface area contributed by atoms with Crippen LogP contribution in [0.3, 0.4) is 0 Å². The second-order valence-corrected chi connectivity index (χ2v) is 4.91. The number of pyridine rings is 1. The molecule has 1 heterocycles. The van der Waals surface area contributed by atoms with Gasteiger partial charge in [-0.3, -0.25) is 9.78 Å². The van der Waals surface area contributed by atoms with E-state index in [4.69, 9.17) is 5.73 Å². The molecule has 3 N–H and O–H groups in total. The number of amides is 1. The van der Waals surface area contributed by atoms with Gasteiger partial charge < -0.3 is 11.1 Å². The fraction of sp³-hybridized carbons (Fsp3) is 0.0588. The van der Waals surface area contributed by atoms with Crippen molar-refractivity contribution in [3.05, 3.63) is 65.9 Å². The van der Waals surface area contributed by atoms with Gasteiger partial charge in [-0.05, 0) is 36.8 Å². The van der Waals surface area contributed by atoms with Crippen LogP contribution in [-0.4, -0.2) is 10.9 Å². The first-order valence-electron chi connectivity index (χ1n) is 6.66. The summed E-state index contributed by atoms with van der Waals surface area (Å²) in [6.07, 6.45) is 1.69. The van der Waals surface area contributed by atoms with E-state index in [1.807, 2.05) is 43.3 Å². The highest BCUT2D eigenvalue weighted by Gasteiger charge is 2.12. The zero-order chi connectivity index (χ0) is 14.8. The van der Waals surface area contributed by atoms with E-state index in [1.165, 1.54) is 0 Å². The van der Waals surface area contributed by atoms with Gasteiger partial charge in [0.2, 0.25) is 0 Å². The average molecular weight is 277 g/mol. The average Bonchev–Trinajstić information content (AvgIpc) is 2.50. The highest BCUT2D eigenvalue weighted by Crippen LogP contribution is 2.21. The van der Waals surface area contributed by atoms with E-state index in [2.05, 4.69) is 10.3 Å². The van der Waals surface area contributed by atoms with Crippen molar-refractivity contribution in [2.24, 2.45) is 0 Å². The molecule has 0 bridgehead atoms. The molecule has 4 heteroatoms. The molecule has 0 spiro atoms. The normalized spacial score (nSPS) is 10.5. The minimum atomic E-state index is -0.187. The van der Waals surface area contributed by atoms with Crippen molar-refractivity contribution < 1.29 is 4.79 Å². The highest BCUT2D eigenvalue weighted by atomic mass is 16.1. The molecule has 104 valence electrons. The summed E-state index contributed by atoms with van der Waals surface area (Å²) >= 11 is 0. The molecule has 1 aromatic heterocycles. The molecule has 0 aliphatic rings. The van der Waals surface area contributed by atoms with Gasteiger partial charge in [0.1, 0.15) is 0 Å². The molecule has 3 rings (SSSR count). The second kappa shape index (κ2) is 5.25. The van der Waals surface area contributed by atoms with Crippen molar-refractivity contribution in [3.8, 4) is 0 Å². The fourth-order valence-corrected chi connectivity index (χ4v) is 2.25. The Hall–Kier alpha value is -2.88. The van der Waals surface area contributed by atoms with Crippen LogP contribution in [0, 0.1) is 6.92 Å². The monoisotopic (exact) mass is 277 g/mol. The molecule has 1 amide bonds. The summed E-state index contributed by atoms with van der Waals surface area (Å²) in [6.45, 7) is 1.93. The first-order valence-corrected chi connectivity index (χ1v) is 6.66. The largest absolute Gasteiger partial charge is 0.399 e. The Bertz CT molecular complexity index is 822. The van der Waals surface area contributed by atoms with Crippen LogP contribution in [0.2, 0.25) is 0 Å². The predicted octanol–water partition coefficient (Wildman–Crippen LogP) is 3.38. The lowest BCUT2D eigenvalue weighted by atomic mass is 10.1. The van der Waals surface area contributed by atoms with Crippen LogP contribution in [-0.2, 0) is 0 Å². The van der Waals surface area contributed by atoms with E-state index >= 15 is 0 Å². The van der Waals surface area contributed by atoms with Crippen molar-refractivity contribution in [2.45, 2.75) is 6.92 Å². The predicted molar refractivity (Wildman–Crippen MR) is 85.3 cm³/mol. The van der Waals surface area contributed by atoms with Gasteiger partial charge in [0, 0.05) is 23.0 Å². The van der Waals surface area contributed by atoms with Crippen LogP contribution >= 0.6 is 0 Å². The molecule has 0 unspecified atom stereocenters. The number of nitrogen functional groups attached to an aromatic ring is 1. The summed E-state index contributed by atoms with van der Waals surface area (Å²) in [6, 6.07) is 14.8. The van der Waals surface area contributed by atoms with Gasteiger partial charge in [-0.1, -0.05) is 24.3 Å². The number of nitrogens with one attached hydrogen (secondary N) is 1. The number of aryl methyl sites for hydroxylation is 1. The molecule has 4 nitrogen and oxygen atoms in total. The maximum Gasteiger partial charge on any atom is 0.257 e. The van der Waals surface area contributed by atoms with Crippen molar-refractivity contribution in [2.75, 3.05) is 11.1 Å². The number of nitrogens with zero attached hydrogens (tertiary/aromatic N) is 1. The van der Waals surface area contributed by atoms with Gasteiger partial charge >= 0.3 is 0 Å². The first-order chi connectivity index (χ1) is 10.1. The molecule has 3 aromatic rings. The van der Waals surface area contributed by atoms with E-state index in [-0.39, 0.29) is 5.91 Å². The molecule has 0 fully saturated rings. The van der Waals surface area contributed by atoms with E-state index < -0.39 is 0 Å². The van der Waals surface area contributed by atoms with Crippen LogP contribution in [0.15, 0.2) is 54.7 Å². The number of hydrogen-bond acceptors (Lipinski definition) is 3. The molecule has 0 aliphatic carbocycles. The van der Waals surface area contributed by atoms with E-state index in [0.29, 0.717) is 22.5 Å². The second-order valence-electron chi connectivity index (χ2n) is 4.91. The number of carbonyl (C=O) groups excluding carboxylic acids is 1. The number of fused-ring (bicyclic) bond motifs is 1. The molecule has 0 saturated carbocycles. The smallest absolute Gasteiger partial charge is 0.257 e. The number of rotatable bonds is 2. The molecule has 0 saturated heterocycles. The van der Waals surface area contributed by atoms with Gasteiger partial charge in [-0.25, -0.2) is 0 Å². The summed E-state index contributed by atoms with van der Waals surface area (Å²) in [7, 11) is 0. The topological polar surface area (TPSA) is 68.0 Å². The Morgan fingerprint density at radius 2 is 1.95 bits per heavy atom. The summed E-state index contributed by atoms with van der Waals surface area (Å²) in [4.78, 5) is 16.8. The fourth-order valence-electron chi connectivity index (χ4n) is 2.25. The SMILES string of the molecule is Cc1ccc(N)cc1NC(=O)c1cccc2cccnc12. The lowest BCUT2D eigenvalue weighted by molar-refractivity contribution is 0.102. The Morgan fingerprint density at radius 1 is 1.14 bits per heavy atom. The van der Waals surface area contributed by atoms with Crippen molar-refractivity contribution in [1.29, 1.82) is 0 Å². The van der Waals surface area contributed by atoms with Crippen LogP contribution < -0.4 is 11.1 Å². The first kappa shape index (κ1) is 13.1. The van der Waals surface area contributed by atoms with Crippen molar-refractivity contribution >= 4 is 28.2 Å². The Morgan fingerprint density at radius 3 is 2.81 bits per heavy atom. The Balaban J connectivity index is 1.99. The summed E-state index contributed by atoms with van der Waals surface area (Å²) in [5.74, 6) is -0.187. The maximum atomic E-state index is 12.5. The van der Waals surface area contributed by atoms with Gasteiger partial charge in [-0.2, -0.15) is 0 Å². The minimum Gasteiger partial charge on any atom is -0.399 e. The Kier molecular flexibility index (Phi) is 3.28. The third-order valence-corrected chi connectivity index (χ3v) is 3.39. The minimum absolute atomic E-state index is 0.187. The third kappa shape index (κ3) is 2.56. The molecular weight excluding hydrogens is 262 g/mol. The summed E-state index contributed by atoms with van der Waals surface area (Å²) in [5, 5.41) is 3.84. The summed E-state index contributed by atoms with van der Waals surface area (Å²) in [5.41, 5.74) is 9.31. The third-order valence-electron chi connectivity index (χ3n) is 3.39. The van der Waals surface area contributed by atoms with Gasteiger partial charge in [0.25, 0.3) is 5.91 Å². The number of hydrogen-bond donors (Lipinski definition) is 2. The van der Waals surface area contributed by atoms with Gasteiger partial charge in [0.15, 0.2) is 0 Å². The quantitative estimate of drug-likeness (QED) is 0.706. The molecule has 2 aromatic carbocycles. The highest BCUT2D eigenvalue weighted by molar-refractivity contribution is 6.12. The molecule has 0 aliphatic heterocycles. The van der Waals surface area contributed by atoms with Crippen LogP contribution in [0.5, 0.6) is 0 Å². The standard InChI is InChI=1S/C17H15N3O/c1-11-7-8-13(18)10-15(11)20-17(21)14-6-2-4-12-5-3-9-19-16(12)14/h2-10H,18H2,1H3,(H,20,21). The number of anilines is 2. The van der Waals surface area contributed by atoms with Crippen LogP contribution in [0.1, 0.15) is 15.9 Å². The Labute approximate surface area is 122 Å². The molecule has 0 atom stereocenters. The lowest BCUT2D eigenvalue weighted by Gasteiger charge is -2.10. The van der Waals surface area contributed by atoms with Crippen LogP contribution in [0.4, 0.5) is 11.4 Å². The molecular formula is C17H15N3O. The number of nitrogens with two attached hydrogens (primary N) is 1. The zero-order valence-corrected chi connectivity index (χ0v) is 11.6. The summed E-state index contributed by atoms with van der Waals surface area (Å²) < 4.78 is 0. The van der Waals surface area contributed by atoms with Gasteiger partial charge in [-0.15, -0.1) is 0 Å². The lowest BCUT2D eigenvalue weighted by Crippen LogP contribution is -2.13. The zero-order valence-electron chi connectivity index (χ0n) is 11.6. The van der Waals surface area contributed by atoms with Crippen molar-refractivity contribution in [3.63, 3.8) is 0 Å². The molecule has 21 heavy (non-hydrogen) atoms. The van der Waals surface area contributed by atoms with Crippen molar-refractivity contribution in [1.82, 2.24) is 4.98 Å². The van der Waals surface area contributed by atoms with Crippen LogP contribution in [0.25, 0.3) is 10.9 Å².